The molecule has 0 fully saturated rings. The van der Waals surface area contributed by atoms with E-state index in [2.05, 4.69) is 20.2 Å². The third kappa shape index (κ3) is 1.68. The fourth-order valence-electron chi connectivity index (χ4n) is 1.45. The molecular formula is C10H7ClN6. The quantitative estimate of drug-likeness (QED) is 0.703. The summed E-state index contributed by atoms with van der Waals surface area (Å²) in [6.45, 7) is 0. The van der Waals surface area contributed by atoms with Crippen LogP contribution in [0, 0.1) is 0 Å². The van der Waals surface area contributed by atoms with E-state index in [1.165, 1.54) is 11.0 Å². The number of pyridine rings is 2. The lowest BCUT2D eigenvalue weighted by atomic mass is 10.4. The molecule has 0 aliphatic heterocycles. The molecule has 0 aliphatic carbocycles. The number of hydrogen-bond acceptors (Lipinski definition) is 5. The Labute approximate surface area is 101 Å². The third-order valence-electron chi connectivity index (χ3n) is 2.19. The molecule has 0 atom stereocenters. The van der Waals surface area contributed by atoms with E-state index < -0.39 is 0 Å². The topological polar surface area (TPSA) is 82.5 Å². The van der Waals surface area contributed by atoms with Crippen molar-refractivity contribution in [2.45, 2.75) is 0 Å². The van der Waals surface area contributed by atoms with Gasteiger partial charge in [0.1, 0.15) is 5.52 Å². The van der Waals surface area contributed by atoms with Crippen LogP contribution in [0.5, 0.6) is 0 Å². The predicted molar refractivity (Wildman–Crippen MR) is 63.9 cm³/mol. The summed E-state index contributed by atoms with van der Waals surface area (Å²) in [6, 6.07) is 5.21. The zero-order chi connectivity index (χ0) is 11.8. The fraction of sp³-hybridized carbons (Fsp3) is 0. The minimum atomic E-state index is 0.394. The van der Waals surface area contributed by atoms with Crippen LogP contribution in [0.15, 0.2) is 30.6 Å². The number of nitrogens with two attached hydrogens (primary N) is 1. The second kappa shape index (κ2) is 3.67. The Kier molecular flexibility index (Phi) is 2.15. The van der Waals surface area contributed by atoms with Crippen LogP contribution in [0.4, 0.5) is 5.69 Å². The number of fused-ring (bicyclic) bond motifs is 1. The molecule has 0 unspecified atom stereocenters. The first kappa shape index (κ1) is 9.98. The molecule has 3 heterocycles. The van der Waals surface area contributed by atoms with Gasteiger partial charge in [0.2, 0.25) is 5.65 Å². The number of anilines is 1. The Hall–Kier alpha value is -2.21. The van der Waals surface area contributed by atoms with Crippen molar-refractivity contribution < 1.29 is 0 Å². The fourth-order valence-corrected chi connectivity index (χ4v) is 1.70. The second-order valence-electron chi connectivity index (χ2n) is 3.41. The van der Waals surface area contributed by atoms with E-state index >= 15 is 0 Å². The Balaban J connectivity index is 2.20. The van der Waals surface area contributed by atoms with Crippen LogP contribution >= 0.6 is 11.6 Å². The van der Waals surface area contributed by atoms with Crippen LogP contribution in [-0.4, -0.2) is 25.0 Å². The van der Waals surface area contributed by atoms with Gasteiger partial charge in [-0.2, -0.15) is 0 Å². The first-order chi connectivity index (χ1) is 8.24. The Morgan fingerprint density at radius 3 is 2.88 bits per heavy atom. The van der Waals surface area contributed by atoms with Gasteiger partial charge in [0.05, 0.1) is 16.9 Å². The molecule has 7 heteroatoms. The minimum Gasteiger partial charge on any atom is -0.397 e. The minimum absolute atomic E-state index is 0.394. The summed E-state index contributed by atoms with van der Waals surface area (Å²) in [6.07, 6.45) is 3.15. The summed E-state index contributed by atoms with van der Waals surface area (Å²) >= 11 is 6.03. The first-order valence-corrected chi connectivity index (χ1v) is 5.21. The van der Waals surface area contributed by atoms with Gasteiger partial charge in [0.15, 0.2) is 5.82 Å². The Bertz CT molecular complexity index is 659. The van der Waals surface area contributed by atoms with E-state index in [9.17, 15) is 0 Å². The molecule has 0 saturated carbocycles. The lowest BCUT2D eigenvalue weighted by Crippen LogP contribution is -2.03. The standard InChI is InChI=1S/C10H7ClN6/c11-7-4-6(12)5-14-10(7)17-15-8-2-1-3-13-9(8)16-17/h1-5H,12H2. The molecule has 0 amide bonds. The van der Waals surface area contributed by atoms with Crippen LogP contribution in [0.1, 0.15) is 0 Å². The van der Waals surface area contributed by atoms with E-state index in [4.69, 9.17) is 17.3 Å². The smallest absolute Gasteiger partial charge is 0.202 e. The van der Waals surface area contributed by atoms with Crippen molar-refractivity contribution in [2.75, 3.05) is 5.73 Å². The average Bonchev–Trinajstić information content (AvgIpc) is 2.72. The lowest BCUT2D eigenvalue weighted by molar-refractivity contribution is 0.740. The van der Waals surface area contributed by atoms with Crippen molar-refractivity contribution in [3.63, 3.8) is 0 Å². The van der Waals surface area contributed by atoms with Gasteiger partial charge in [-0.3, -0.25) is 0 Å². The van der Waals surface area contributed by atoms with E-state index in [0.717, 1.165) is 0 Å². The van der Waals surface area contributed by atoms with Gasteiger partial charge in [0, 0.05) is 6.20 Å². The van der Waals surface area contributed by atoms with Crippen molar-refractivity contribution in [1.82, 2.24) is 25.0 Å². The molecule has 6 nitrogen and oxygen atoms in total. The van der Waals surface area contributed by atoms with Crippen LogP contribution in [-0.2, 0) is 0 Å². The van der Waals surface area contributed by atoms with Crippen LogP contribution < -0.4 is 5.73 Å². The highest BCUT2D eigenvalue weighted by molar-refractivity contribution is 6.32. The molecule has 2 N–H and O–H groups in total. The summed E-state index contributed by atoms with van der Waals surface area (Å²) in [4.78, 5) is 9.53. The van der Waals surface area contributed by atoms with Gasteiger partial charge in [-0.1, -0.05) is 11.6 Å². The van der Waals surface area contributed by atoms with Gasteiger partial charge >= 0.3 is 0 Å². The summed E-state index contributed by atoms with van der Waals surface area (Å²) in [5.41, 5.74) is 7.29. The zero-order valence-electron chi connectivity index (χ0n) is 8.58. The van der Waals surface area contributed by atoms with Crippen molar-refractivity contribution in [3.8, 4) is 5.82 Å². The Morgan fingerprint density at radius 2 is 2.12 bits per heavy atom. The monoisotopic (exact) mass is 246 g/mol. The van der Waals surface area contributed by atoms with Crippen LogP contribution in [0.3, 0.4) is 0 Å². The van der Waals surface area contributed by atoms with Crippen molar-refractivity contribution in [1.29, 1.82) is 0 Å². The second-order valence-corrected chi connectivity index (χ2v) is 3.82. The third-order valence-corrected chi connectivity index (χ3v) is 2.47. The van der Waals surface area contributed by atoms with Gasteiger partial charge in [0.25, 0.3) is 0 Å². The number of nitrogen functional groups attached to an aromatic ring is 1. The predicted octanol–water partition coefficient (Wildman–Crippen LogP) is 1.45. The molecule has 0 spiro atoms. The molecule has 3 aromatic rings. The molecule has 0 aliphatic rings. The molecule has 84 valence electrons. The number of rotatable bonds is 1. The molecule has 0 radical (unpaired) electrons. The number of halogens is 1. The number of hydrogen-bond donors (Lipinski definition) is 1. The largest absolute Gasteiger partial charge is 0.397 e. The first-order valence-electron chi connectivity index (χ1n) is 4.83. The van der Waals surface area contributed by atoms with Crippen molar-refractivity contribution in [3.05, 3.63) is 35.6 Å². The molecule has 0 saturated heterocycles. The zero-order valence-corrected chi connectivity index (χ0v) is 9.33. The molecule has 17 heavy (non-hydrogen) atoms. The summed E-state index contributed by atoms with van der Waals surface area (Å²) in [5.74, 6) is 0.430. The van der Waals surface area contributed by atoms with E-state index in [-0.39, 0.29) is 0 Å². The SMILES string of the molecule is Nc1cnc(-n2nc3cccnc3n2)c(Cl)c1. The summed E-state index contributed by atoms with van der Waals surface area (Å²) in [7, 11) is 0. The highest BCUT2D eigenvalue weighted by atomic mass is 35.5. The number of aromatic nitrogens is 5. The van der Waals surface area contributed by atoms with Gasteiger partial charge in [-0.15, -0.1) is 15.0 Å². The normalized spacial score (nSPS) is 10.9. The highest BCUT2D eigenvalue weighted by Gasteiger charge is 2.09. The summed E-state index contributed by atoms with van der Waals surface area (Å²) < 4.78 is 0. The van der Waals surface area contributed by atoms with Crippen molar-refractivity contribution >= 4 is 28.5 Å². The maximum atomic E-state index is 6.03. The van der Waals surface area contributed by atoms with E-state index in [1.54, 1.807) is 18.3 Å². The molecule has 3 rings (SSSR count). The average molecular weight is 247 g/mol. The molecular weight excluding hydrogens is 240 g/mol. The van der Waals surface area contributed by atoms with E-state index in [0.29, 0.717) is 27.7 Å². The van der Waals surface area contributed by atoms with Crippen LogP contribution in [0.25, 0.3) is 17.0 Å². The van der Waals surface area contributed by atoms with Gasteiger partial charge < -0.3 is 5.73 Å². The Morgan fingerprint density at radius 1 is 1.24 bits per heavy atom. The molecule has 3 aromatic heterocycles. The lowest BCUT2D eigenvalue weighted by Gasteiger charge is -2.01. The maximum absolute atomic E-state index is 6.03. The summed E-state index contributed by atoms with van der Waals surface area (Å²) in [5, 5.41) is 8.80. The molecule has 0 aromatic carbocycles. The highest BCUT2D eigenvalue weighted by Crippen LogP contribution is 2.19. The van der Waals surface area contributed by atoms with Crippen molar-refractivity contribution in [2.24, 2.45) is 0 Å². The van der Waals surface area contributed by atoms with Crippen LogP contribution in [0.2, 0.25) is 5.02 Å². The van der Waals surface area contributed by atoms with E-state index in [1.807, 2.05) is 6.07 Å². The maximum Gasteiger partial charge on any atom is 0.202 e. The van der Waals surface area contributed by atoms with Gasteiger partial charge in [-0.25, -0.2) is 9.97 Å². The number of nitrogens with zero attached hydrogens (tertiary/aromatic N) is 5. The van der Waals surface area contributed by atoms with Gasteiger partial charge in [-0.05, 0) is 18.2 Å². The molecule has 0 bridgehead atoms.